The average Bonchev–Trinajstić information content (AvgIpc) is 3.68. The lowest BCUT2D eigenvalue weighted by Gasteiger charge is -2.28. The molecule has 0 radical (unpaired) electrons. The maximum absolute atomic E-state index is 14.5. The lowest BCUT2D eigenvalue weighted by Crippen LogP contribution is -2.39. The molecule has 0 unspecified atom stereocenters. The minimum atomic E-state index is -0.777. The van der Waals surface area contributed by atoms with Gasteiger partial charge in [-0.05, 0) is 74.7 Å². The number of benzene rings is 3. The summed E-state index contributed by atoms with van der Waals surface area (Å²) in [5.74, 6) is 3.83. The SMILES string of the molecule is C#CCN1C(=O)COc2cc(F)c(/N=c3\snc4n3CC(C)(C)C4)cc21.CC(C)=NOCCOC(=O)[C@@H](C)Oc1ccc(Oc2cnc3cc(Cl)ccc3n2)cc1. The highest BCUT2D eigenvalue weighted by molar-refractivity contribution is 7.02. The molecule has 0 fully saturated rings. The molecule has 17 heteroatoms. The van der Waals surface area contributed by atoms with Crippen LogP contribution in [0.1, 0.15) is 40.4 Å². The normalized spacial score (nSPS) is 14.6. The maximum Gasteiger partial charge on any atom is 0.347 e. The number of oxime groups is 1. The number of nitrogens with zero attached hydrogens (tertiary/aromatic N) is 7. The van der Waals surface area contributed by atoms with Gasteiger partial charge in [0.25, 0.3) is 5.91 Å². The summed E-state index contributed by atoms with van der Waals surface area (Å²) in [6.07, 6.45) is 6.97. The molecule has 296 valence electrons. The van der Waals surface area contributed by atoms with Crippen molar-refractivity contribution in [2.45, 2.75) is 53.7 Å². The van der Waals surface area contributed by atoms with Crippen LogP contribution < -0.4 is 23.9 Å². The average molecular weight is 816 g/mol. The van der Waals surface area contributed by atoms with E-state index in [0.29, 0.717) is 49.7 Å². The number of halogens is 2. The van der Waals surface area contributed by atoms with Crippen molar-refractivity contribution in [3.8, 4) is 35.5 Å². The van der Waals surface area contributed by atoms with Crippen LogP contribution in [-0.2, 0) is 32.1 Å². The summed E-state index contributed by atoms with van der Waals surface area (Å²) >= 11 is 7.20. The van der Waals surface area contributed by atoms with Crippen LogP contribution in [0, 0.1) is 23.6 Å². The fourth-order valence-corrected chi connectivity index (χ4v) is 6.62. The first-order valence-corrected chi connectivity index (χ1v) is 18.9. The molecule has 5 aromatic rings. The fourth-order valence-electron chi connectivity index (χ4n) is 5.69. The van der Waals surface area contributed by atoms with Crippen molar-refractivity contribution in [3.05, 3.63) is 82.3 Å². The van der Waals surface area contributed by atoms with Gasteiger partial charge in [-0.2, -0.15) is 4.37 Å². The number of aromatic nitrogens is 4. The third-order valence-electron chi connectivity index (χ3n) is 8.27. The monoisotopic (exact) mass is 815 g/mol. The van der Waals surface area contributed by atoms with Crippen molar-refractivity contribution in [2.75, 3.05) is 31.3 Å². The highest BCUT2D eigenvalue weighted by Crippen LogP contribution is 2.37. The topological polar surface area (TPSA) is 152 Å². The highest BCUT2D eigenvalue weighted by Gasteiger charge is 2.31. The second kappa shape index (κ2) is 17.8. The van der Waals surface area contributed by atoms with Gasteiger partial charge in [0.05, 0.1) is 35.2 Å². The zero-order chi connectivity index (χ0) is 40.7. The van der Waals surface area contributed by atoms with Crippen molar-refractivity contribution < 1.29 is 37.8 Å². The number of anilines is 1. The zero-order valence-corrected chi connectivity index (χ0v) is 33.4. The summed E-state index contributed by atoms with van der Waals surface area (Å²) in [6.45, 7) is 10.6. The first kappa shape index (κ1) is 40.6. The maximum atomic E-state index is 14.5. The number of ether oxygens (including phenoxy) is 4. The van der Waals surface area contributed by atoms with Gasteiger partial charge in [-0.25, -0.2) is 24.1 Å². The Labute approximate surface area is 337 Å². The highest BCUT2D eigenvalue weighted by atomic mass is 35.5. The Morgan fingerprint density at radius 2 is 1.89 bits per heavy atom. The molecule has 2 aromatic heterocycles. The lowest BCUT2D eigenvalue weighted by atomic mass is 9.92. The molecule has 0 saturated carbocycles. The van der Waals surface area contributed by atoms with Gasteiger partial charge in [0.2, 0.25) is 10.7 Å². The van der Waals surface area contributed by atoms with Gasteiger partial charge >= 0.3 is 5.97 Å². The Hall–Kier alpha value is -6.05. The number of carbonyl (C=O) groups is 2. The molecule has 3 aromatic carbocycles. The van der Waals surface area contributed by atoms with Crippen LogP contribution >= 0.6 is 23.1 Å². The van der Waals surface area contributed by atoms with Crippen LogP contribution in [0.3, 0.4) is 0 Å². The first-order chi connectivity index (χ1) is 27.3. The number of esters is 1. The molecule has 1 atom stereocenters. The summed E-state index contributed by atoms with van der Waals surface area (Å²) in [7, 11) is 0. The molecular formula is C40H39ClFN7O7S. The minimum Gasteiger partial charge on any atom is -0.481 e. The van der Waals surface area contributed by atoms with E-state index in [2.05, 4.69) is 44.3 Å². The van der Waals surface area contributed by atoms with E-state index in [0.717, 1.165) is 24.5 Å². The van der Waals surface area contributed by atoms with Gasteiger partial charge in [0, 0.05) is 35.6 Å². The smallest absolute Gasteiger partial charge is 0.347 e. The number of hydrogen-bond acceptors (Lipinski definition) is 13. The quantitative estimate of drug-likeness (QED) is 0.0446. The van der Waals surface area contributed by atoms with Gasteiger partial charge < -0.3 is 28.4 Å². The van der Waals surface area contributed by atoms with Crippen LogP contribution in [0.4, 0.5) is 15.8 Å². The molecule has 57 heavy (non-hydrogen) atoms. The predicted octanol–water partition coefficient (Wildman–Crippen LogP) is 7.06. The molecule has 0 spiro atoms. The summed E-state index contributed by atoms with van der Waals surface area (Å²) in [6, 6.07) is 14.8. The van der Waals surface area contributed by atoms with Crippen molar-refractivity contribution in [3.63, 3.8) is 0 Å². The van der Waals surface area contributed by atoms with Gasteiger partial charge in [0.1, 0.15) is 35.4 Å². The summed E-state index contributed by atoms with van der Waals surface area (Å²) < 4.78 is 42.8. The summed E-state index contributed by atoms with van der Waals surface area (Å²) in [5, 5.41) is 4.35. The van der Waals surface area contributed by atoms with Gasteiger partial charge in [-0.1, -0.05) is 36.5 Å². The molecule has 0 bridgehead atoms. The first-order valence-electron chi connectivity index (χ1n) is 17.8. The molecule has 2 aliphatic heterocycles. The van der Waals surface area contributed by atoms with E-state index < -0.39 is 17.9 Å². The van der Waals surface area contributed by atoms with Crippen molar-refractivity contribution in [2.24, 2.45) is 15.6 Å². The fraction of sp³-hybridized carbons (Fsp3) is 0.325. The molecule has 0 N–H and O–H groups in total. The number of rotatable bonds is 11. The largest absolute Gasteiger partial charge is 0.481 e. The van der Waals surface area contributed by atoms with Crippen LogP contribution in [0.2, 0.25) is 5.02 Å². The van der Waals surface area contributed by atoms with Crippen molar-refractivity contribution in [1.82, 2.24) is 18.9 Å². The summed E-state index contributed by atoms with van der Waals surface area (Å²) in [5.41, 5.74) is 2.82. The molecule has 2 aliphatic rings. The van der Waals surface area contributed by atoms with Crippen LogP contribution in [-0.4, -0.2) is 69.0 Å². The Morgan fingerprint density at radius 1 is 1.12 bits per heavy atom. The molecule has 4 heterocycles. The van der Waals surface area contributed by atoms with Crippen LogP contribution in [0.25, 0.3) is 11.0 Å². The standard InChI is InChI=1S/C22H22ClN3O5.C18H17FN4O2S/c1-14(2)26-29-11-10-28-22(27)15(3)30-17-5-7-18(8-6-17)31-21-13-24-20-12-16(23)4-9-19(20)25-21;1-4-5-22-13-7-12(11(19)6-14(13)25-9-16(22)24)20-17-23-10-18(2,3)8-15(23)21-26-17/h4-9,12-13,15H,10-11H2,1-3H3;1,6-7H,5,8-10H2,2-3H3/b;20-17-/t15-;/m1./s1. The molecule has 7 rings (SSSR count). The second-order valence-corrected chi connectivity index (χ2v) is 15.0. The van der Waals surface area contributed by atoms with Crippen molar-refractivity contribution >= 4 is 63.1 Å². The molecule has 0 aliphatic carbocycles. The Balaban J connectivity index is 0.000000195. The molecule has 14 nitrogen and oxygen atoms in total. The molecule has 0 saturated heterocycles. The Morgan fingerprint density at radius 3 is 2.65 bits per heavy atom. The molecule has 1 amide bonds. The predicted molar refractivity (Wildman–Crippen MR) is 213 cm³/mol. The van der Waals surface area contributed by atoms with Crippen LogP contribution in [0.15, 0.2) is 70.9 Å². The van der Waals surface area contributed by atoms with E-state index in [4.69, 9.17) is 41.8 Å². The van der Waals surface area contributed by atoms with E-state index in [-0.39, 0.29) is 43.4 Å². The Kier molecular flexibility index (Phi) is 12.7. The van der Waals surface area contributed by atoms with E-state index in [1.165, 1.54) is 34.8 Å². The number of hydrogen-bond donors (Lipinski definition) is 0. The third kappa shape index (κ3) is 10.4. The Bertz CT molecular complexity index is 2420. The minimum absolute atomic E-state index is 0.0924. The summed E-state index contributed by atoms with van der Waals surface area (Å²) in [4.78, 5) is 44.2. The van der Waals surface area contributed by atoms with Gasteiger partial charge in [0.15, 0.2) is 25.1 Å². The number of carbonyl (C=O) groups excluding carboxylic acids is 2. The van der Waals surface area contributed by atoms with E-state index in [1.807, 2.05) is 18.4 Å². The van der Waals surface area contributed by atoms with Crippen LogP contribution in [0.5, 0.6) is 23.1 Å². The number of terminal acetylenes is 1. The van der Waals surface area contributed by atoms with Gasteiger partial charge in [-0.15, -0.1) is 6.42 Å². The lowest BCUT2D eigenvalue weighted by molar-refractivity contribution is -0.152. The van der Waals surface area contributed by atoms with Gasteiger partial charge in [-0.3, -0.25) is 9.69 Å². The van der Waals surface area contributed by atoms with E-state index in [1.54, 1.807) is 49.4 Å². The van der Waals surface area contributed by atoms with Crippen molar-refractivity contribution in [1.29, 1.82) is 0 Å². The second-order valence-electron chi connectivity index (χ2n) is 13.9. The number of amides is 1. The van der Waals surface area contributed by atoms with E-state index >= 15 is 0 Å². The van der Waals surface area contributed by atoms with E-state index in [9.17, 15) is 14.0 Å². The zero-order valence-electron chi connectivity index (χ0n) is 31.8. The third-order valence-corrected chi connectivity index (χ3v) is 9.29. The molecular weight excluding hydrogens is 777 g/mol. The number of fused-ring (bicyclic) bond motifs is 3.